The number of hydrogen-bond acceptors (Lipinski definition) is 4. The number of rotatable bonds is 4. The van der Waals surface area contributed by atoms with Gasteiger partial charge in [0.05, 0.1) is 5.69 Å². The lowest BCUT2D eigenvalue weighted by Crippen LogP contribution is -2.25. The highest BCUT2D eigenvalue weighted by Gasteiger charge is 2.10. The highest BCUT2D eigenvalue weighted by Crippen LogP contribution is 2.23. The number of aryl methyl sites for hydroxylation is 1. The number of hydrogen-bond donors (Lipinski definition) is 2. The Balaban J connectivity index is 2.04. The maximum Gasteiger partial charge on any atom is 0.226 e. The number of para-hydroxylation sites is 1. The zero-order valence-electron chi connectivity index (χ0n) is 10.8. The van der Waals surface area contributed by atoms with Gasteiger partial charge in [0.25, 0.3) is 0 Å². The summed E-state index contributed by atoms with van der Waals surface area (Å²) in [5.41, 5.74) is 1.86. The number of carbonyl (C=O) groups is 2. The molecule has 0 radical (unpaired) electrons. The monoisotopic (exact) mass is 261 g/mol. The van der Waals surface area contributed by atoms with Crippen LogP contribution in [-0.2, 0) is 9.59 Å². The van der Waals surface area contributed by atoms with Crippen molar-refractivity contribution in [3.63, 3.8) is 0 Å². The summed E-state index contributed by atoms with van der Waals surface area (Å²) in [6.07, 6.45) is 0.211. The van der Waals surface area contributed by atoms with Crippen LogP contribution in [0.25, 0.3) is 11.1 Å². The number of fused-ring (bicyclic) bond motifs is 1. The molecular weight excluding hydrogens is 246 g/mol. The lowest BCUT2D eigenvalue weighted by atomic mass is 10.2. The molecule has 19 heavy (non-hydrogen) atoms. The third-order valence-electron chi connectivity index (χ3n) is 2.52. The molecule has 2 amide bonds. The normalized spacial score (nSPS) is 10.4. The first-order valence-corrected chi connectivity index (χ1v) is 5.96. The second-order valence-corrected chi connectivity index (χ2v) is 4.17. The number of oxazole rings is 1. The molecule has 6 heteroatoms. The summed E-state index contributed by atoms with van der Waals surface area (Å²) in [4.78, 5) is 26.6. The topological polar surface area (TPSA) is 84.2 Å². The van der Waals surface area contributed by atoms with E-state index < -0.39 is 0 Å². The van der Waals surface area contributed by atoms with E-state index in [1.807, 2.05) is 6.07 Å². The van der Waals surface area contributed by atoms with Gasteiger partial charge in [-0.1, -0.05) is 6.07 Å². The Hall–Kier alpha value is -2.37. The fraction of sp³-hybridized carbons (Fsp3) is 0.308. The number of anilines is 1. The van der Waals surface area contributed by atoms with Gasteiger partial charge in [0.2, 0.25) is 11.8 Å². The molecule has 1 aromatic heterocycles. The molecule has 2 aromatic rings. The van der Waals surface area contributed by atoms with Gasteiger partial charge in [-0.2, -0.15) is 0 Å². The van der Waals surface area contributed by atoms with E-state index in [9.17, 15) is 9.59 Å². The van der Waals surface area contributed by atoms with Crippen LogP contribution in [0.2, 0.25) is 0 Å². The van der Waals surface area contributed by atoms with Crippen LogP contribution >= 0.6 is 0 Å². The summed E-state index contributed by atoms with van der Waals surface area (Å²) in [6.45, 7) is 3.48. The van der Waals surface area contributed by atoms with Gasteiger partial charge in [-0.05, 0) is 12.1 Å². The number of nitrogens with zero attached hydrogens (tertiary/aromatic N) is 1. The number of benzene rings is 1. The van der Waals surface area contributed by atoms with Crippen LogP contribution in [-0.4, -0.2) is 23.3 Å². The molecule has 0 spiro atoms. The van der Waals surface area contributed by atoms with Crippen LogP contribution < -0.4 is 10.6 Å². The molecule has 0 unspecified atom stereocenters. The molecule has 100 valence electrons. The average molecular weight is 261 g/mol. The van der Waals surface area contributed by atoms with Gasteiger partial charge in [0.15, 0.2) is 11.5 Å². The highest BCUT2D eigenvalue weighted by atomic mass is 16.3. The molecule has 2 N–H and O–H groups in total. The van der Waals surface area contributed by atoms with Crippen LogP contribution in [0, 0.1) is 6.92 Å². The predicted octanol–water partition coefficient (Wildman–Crippen LogP) is 1.60. The van der Waals surface area contributed by atoms with Gasteiger partial charge in [-0.3, -0.25) is 9.59 Å². The highest BCUT2D eigenvalue weighted by molar-refractivity contribution is 5.98. The first-order chi connectivity index (χ1) is 9.06. The van der Waals surface area contributed by atoms with Crippen molar-refractivity contribution in [3.8, 4) is 0 Å². The van der Waals surface area contributed by atoms with Crippen molar-refractivity contribution in [3.05, 3.63) is 24.1 Å². The van der Waals surface area contributed by atoms with Crippen molar-refractivity contribution in [1.82, 2.24) is 10.3 Å². The third kappa shape index (κ3) is 3.31. The van der Waals surface area contributed by atoms with Crippen LogP contribution in [0.15, 0.2) is 22.6 Å². The minimum absolute atomic E-state index is 0.152. The minimum Gasteiger partial charge on any atom is -0.439 e. The minimum atomic E-state index is -0.185. The predicted molar refractivity (Wildman–Crippen MR) is 70.7 cm³/mol. The lowest BCUT2D eigenvalue weighted by Gasteiger charge is -2.05. The second kappa shape index (κ2) is 5.51. The van der Waals surface area contributed by atoms with E-state index in [1.165, 1.54) is 6.92 Å². The summed E-state index contributed by atoms with van der Waals surface area (Å²) < 4.78 is 5.45. The Morgan fingerprint density at radius 3 is 2.89 bits per heavy atom. The Bertz CT molecular complexity index is 619. The first kappa shape index (κ1) is 13.1. The number of aromatic nitrogens is 1. The molecular formula is C13H15N3O3. The smallest absolute Gasteiger partial charge is 0.226 e. The molecule has 2 rings (SSSR count). The summed E-state index contributed by atoms with van der Waals surface area (Å²) in [5, 5.41) is 5.32. The molecule has 0 atom stereocenters. The number of amides is 2. The van der Waals surface area contributed by atoms with E-state index in [4.69, 9.17) is 4.42 Å². The van der Waals surface area contributed by atoms with Gasteiger partial charge >= 0.3 is 0 Å². The molecule has 1 aromatic carbocycles. The third-order valence-corrected chi connectivity index (χ3v) is 2.52. The maximum atomic E-state index is 11.7. The Morgan fingerprint density at radius 1 is 1.37 bits per heavy atom. The molecule has 0 saturated heterocycles. The van der Waals surface area contributed by atoms with E-state index in [0.29, 0.717) is 29.2 Å². The van der Waals surface area contributed by atoms with Gasteiger partial charge in [-0.25, -0.2) is 4.98 Å². The average Bonchev–Trinajstić information content (AvgIpc) is 2.70. The quantitative estimate of drug-likeness (QED) is 0.875. The standard InChI is InChI=1S/C13H15N3O3/c1-8(17)14-7-6-12(18)16-11-5-3-4-10-13(11)19-9(2)15-10/h3-5H,6-7H2,1-2H3,(H,14,17)(H,16,18). The summed E-state index contributed by atoms with van der Waals surface area (Å²) in [5.74, 6) is 0.214. The Kier molecular flexibility index (Phi) is 3.79. The van der Waals surface area contributed by atoms with E-state index >= 15 is 0 Å². The largest absolute Gasteiger partial charge is 0.439 e. The molecule has 0 fully saturated rings. The Labute approximate surface area is 110 Å². The van der Waals surface area contributed by atoms with Gasteiger partial charge in [0, 0.05) is 26.8 Å². The Morgan fingerprint density at radius 2 is 2.16 bits per heavy atom. The number of nitrogens with one attached hydrogen (secondary N) is 2. The fourth-order valence-corrected chi connectivity index (χ4v) is 1.72. The van der Waals surface area contributed by atoms with Crippen molar-refractivity contribution < 1.29 is 14.0 Å². The first-order valence-electron chi connectivity index (χ1n) is 5.96. The summed E-state index contributed by atoms with van der Waals surface area (Å²) in [7, 11) is 0. The molecule has 0 aliphatic carbocycles. The molecule has 0 saturated carbocycles. The number of carbonyl (C=O) groups excluding carboxylic acids is 2. The van der Waals surface area contributed by atoms with Crippen molar-refractivity contribution in [1.29, 1.82) is 0 Å². The van der Waals surface area contributed by atoms with E-state index in [-0.39, 0.29) is 18.2 Å². The van der Waals surface area contributed by atoms with Crippen LogP contribution in [0.5, 0.6) is 0 Å². The summed E-state index contributed by atoms with van der Waals surface area (Å²) in [6, 6.07) is 5.37. The molecule has 0 bridgehead atoms. The van der Waals surface area contributed by atoms with Crippen LogP contribution in [0.1, 0.15) is 19.2 Å². The summed E-state index contributed by atoms with van der Waals surface area (Å²) >= 11 is 0. The van der Waals surface area contributed by atoms with E-state index in [0.717, 1.165) is 0 Å². The van der Waals surface area contributed by atoms with Gasteiger partial charge in [-0.15, -0.1) is 0 Å². The lowest BCUT2D eigenvalue weighted by molar-refractivity contribution is -0.119. The SMILES string of the molecule is CC(=O)NCCC(=O)Nc1cccc2nc(C)oc12. The van der Waals surface area contributed by atoms with Gasteiger partial charge in [0.1, 0.15) is 5.52 Å². The fourth-order valence-electron chi connectivity index (χ4n) is 1.72. The molecule has 0 aliphatic heterocycles. The van der Waals surface area contributed by atoms with Gasteiger partial charge < -0.3 is 15.1 Å². The van der Waals surface area contributed by atoms with Crippen molar-refractivity contribution in [2.24, 2.45) is 0 Å². The maximum absolute atomic E-state index is 11.7. The molecule has 0 aliphatic rings. The zero-order chi connectivity index (χ0) is 13.8. The van der Waals surface area contributed by atoms with Crippen LogP contribution in [0.3, 0.4) is 0 Å². The van der Waals surface area contributed by atoms with Crippen molar-refractivity contribution in [2.75, 3.05) is 11.9 Å². The molecule has 6 nitrogen and oxygen atoms in total. The van der Waals surface area contributed by atoms with Crippen molar-refractivity contribution in [2.45, 2.75) is 20.3 Å². The van der Waals surface area contributed by atoms with E-state index in [2.05, 4.69) is 15.6 Å². The molecule has 1 heterocycles. The second-order valence-electron chi connectivity index (χ2n) is 4.17. The van der Waals surface area contributed by atoms with E-state index in [1.54, 1.807) is 19.1 Å². The zero-order valence-corrected chi connectivity index (χ0v) is 10.8. The van der Waals surface area contributed by atoms with Crippen LogP contribution in [0.4, 0.5) is 5.69 Å². The van der Waals surface area contributed by atoms with Crippen molar-refractivity contribution >= 4 is 28.6 Å².